The third-order valence-electron chi connectivity index (χ3n) is 4.89. The Bertz CT molecular complexity index is 874. The van der Waals surface area contributed by atoms with Crippen LogP contribution in [0.5, 0.6) is 0 Å². The lowest BCUT2D eigenvalue weighted by Crippen LogP contribution is -2.50. The quantitative estimate of drug-likeness (QED) is 0.480. The summed E-state index contributed by atoms with van der Waals surface area (Å²) in [6.45, 7) is 8.01. The van der Waals surface area contributed by atoms with Gasteiger partial charge in [-0.25, -0.2) is 0 Å². The van der Waals surface area contributed by atoms with E-state index in [-0.39, 0.29) is 30.2 Å². The number of amides is 2. The van der Waals surface area contributed by atoms with E-state index < -0.39 is 6.04 Å². The van der Waals surface area contributed by atoms with E-state index in [4.69, 9.17) is 23.2 Å². The van der Waals surface area contributed by atoms with Crippen LogP contribution in [0.25, 0.3) is 0 Å². The maximum absolute atomic E-state index is 13.1. The Balaban J connectivity index is 2.17. The van der Waals surface area contributed by atoms with Crippen molar-refractivity contribution in [3.05, 3.63) is 63.6 Å². The molecule has 0 radical (unpaired) electrons. The Kier molecular flexibility index (Phi) is 9.53. The van der Waals surface area contributed by atoms with Crippen LogP contribution in [-0.4, -0.2) is 34.6 Å². The summed E-state index contributed by atoms with van der Waals surface area (Å²) < 4.78 is 0. The van der Waals surface area contributed by atoms with Gasteiger partial charge in [-0.3, -0.25) is 9.59 Å². The van der Waals surface area contributed by atoms with E-state index in [1.165, 1.54) is 17.3 Å². The largest absolute Gasteiger partial charge is 0.352 e. The zero-order valence-electron chi connectivity index (χ0n) is 17.7. The van der Waals surface area contributed by atoms with Crippen LogP contribution in [0.3, 0.4) is 0 Å². The van der Waals surface area contributed by atoms with Crippen molar-refractivity contribution in [1.82, 2.24) is 10.2 Å². The van der Waals surface area contributed by atoms with Gasteiger partial charge in [-0.05, 0) is 57.0 Å². The number of halogens is 2. The van der Waals surface area contributed by atoms with Gasteiger partial charge in [-0.15, -0.1) is 11.8 Å². The van der Waals surface area contributed by atoms with Crippen LogP contribution >= 0.6 is 35.0 Å². The number of thioether (sulfide) groups is 1. The second kappa shape index (κ2) is 11.6. The van der Waals surface area contributed by atoms with Crippen molar-refractivity contribution in [2.24, 2.45) is 0 Å². The third-order valence-corrected chi connectivity index (χ3v) is 6.62. The topological polar surface area (TPSA) is 49.4 Å². The highest BCUT2D eigenvalue weighted by Crippen LogP contribution is 2.25. The van der Waals surface area contributed by atoms with Crippen molar-refractivity contribution in [2.45, 2.75) is 57.6 Å². The number of nitrogens with zero attached hydrogens (tertiary/aromatic N) is 1. The molecule has 2 unspecified atom stereocenters. The van der Waals surface area contributed by atoms with Crippen molar-refractivity contribution >= 4 is 46.8 Å². The molecule has 0 aliphatic heterocycles. The van der Waals surface area contributed by atoms with Crippen LogP contribution in [0.2, 0.25) is 10.0 Å². The lowest BCUT2D eigenvalue weighted by atomic mass is 10.1. The minimum Gasteiger partial charge on any atom is -0.352 e. The standard InChI is InChI=1S/C23H28Cl2N2O2S/c1-5-16(3)26-23(29)17(4)27(13-18-8-11-20(24)21(25)12-18)22(28)14-30-19-9-6-15(2)7-10-19/h6-12,16-17H,5,13-14H2,1-4H3,(H,26,29). The Labute approximate surface area is 193 Å². The van der Waals surface area contributed by atoms with Gasteiger partial charge in [-0.2, -0.15) is 0 Å². The summed E-state index contributed by atoms with van der Waals surface area (Å²) in [5, 5.41) is 3.84. The average Bonchev–Trinajstić information content (AvgIpc) is 2.73. The average molecular weight is 467 g/mol. The molecule has 162 valence electrons. The van der Waals surface area contributed by atoms with Crippen LogP contribution in [0.1, 0.15) is 38.3 Å². The van der Waals surface area contributed by atoms with Crippen molar-refractivity contribution in [3.63, 3.8) is 0 Å². The van der Waals surface area contributed by atoms with Crippen LogP contribution in [0.4, 0.5) is 0 Å². The van der Waals surface area contributed by atoms with Crippen LogP contribution in [0.15, 0.2) is 47.4 Å². The van der Waals surface area contributed by atoms with Crippen LogP contribution in [0, 0.1) is 6.92 Å². The van der Waals surface area contributed by atoms with Gasteiger partial charge in [0.1, 0.15) is 6.04 Å². The van der Waals surface area contributed by atoms with Crippen molar-refractivity contribution in [1.29, 1.82) is 0 Å². The SMILES string of the molecule is CCC(C)NC(=O)C(C)N(Cc1ccc(Cl)c(Cl)c1)C(=O)CSc1ccc(C)cc1. The Morgan fingerprint density at radius 3 is 2.33 bits per heavy atom. The fraction of sp³-hybridized carbons (Fsp3) is 0.391. The maximum Gasteiger partial charge on any atom is 0.242 e. The molecule has 0 heterocycles. The van der Waals surface area contributed by atoms with E-state index in [2.05, 4.69) is 5.32 Å². The minimum atomic E-state index is -0.612. The van der Waals surface area contributed by atoms with Crippen LogP contribution in [-0.2, 0) is 16.1 Å². The number of nitrogens with one attached hydrogen (secondary N) is 1. The first-order chi connectivity index (χ1) is 14.2. The van der Waals surface area contributed by atoms with E-state index in [0.29, 0.717) is 10.0 Å². The highest BCUT2D eigenvalue weighted by molar-refractivity contribution is 8.00. The molecule has 0 saturated heterocycles. The molecule has 30 heavy (non-hydrogen) atoms. The number of hydrogen-bond donors (Lipinski definition) is 1. The van der Waals surface area contributed by atoms with Gasteiger partial charge in [0.2, 0.25) is 11.8 Å². The molecular formula is C23H28Cl2N2O2S. The number of carbonyl (C=O) groups excluding carboxylic acids is 2. The summed E-state index contributed by atoms with van der Waals surface area (Å²) in [4.78, 5) is 28.4. The summed E-state index contributed by atoms with van der Waals surface area (Å²) in [6.07, 6.45) is 0.822. The Hall–Kier alpha value is -1.69. The molecule has 2 amide bonds. The van der Waals surface area contributed by atoms with Crippen molar-refractivity contribution in [3.8, 4) is 0 Å². The summed E-state index contributed by atoms with van der Waals surface area (Å²) in [5.41, 5.74) is 1.99. The van der Waals surface area contributed by atoms with Gasteiger partial charge in [0.25, 0.3) is 0 Å². The molecule has 2 aromatic carbocycles. The fourth-order valence-electron chi connectivity index (χ4n) is 2.75. The van der Waals surface area contributed by atoms with E-state index in [1.54, 1.807) is 24.0 Å². The molecule has 1 N–H and O–H groups in total. The molecular weight excluding hydrogens is 439 g/mol. The first-order valence-electron chi connectivity index (χ1n) is 9.94. The normalized spacial score (nSPS) is 12.9. The van der Waals surface area contributed by atoms with Gasteiger partial charge in [-0.1, -0.05) is 53.9 Å². The van der Waals surface area contributed by atoms with E-state index in [1.807, 2.05) is 51.1 Å². The van der Waals surface area contributed by atoms with Crippen LogP contribution < -0.4 is 5.32 Å². The van der Waals surface area contributed by atoms with Gasteiger partial charge in [0.15, 0.2) is 0 Å². The first kappa shape index (κ1) is 24.6. The van der Waals surface area contributed by atoms with E-state index >= 15 is 0 Å². The van der Waals surface area contributed by atoms with Gasteiger partial charge in [0, 0.05) is 17.5 Å². The smallest absolute Gasteiger partial charge is 0.242 e. The molecule has 2 atom stereocenters. The monoisotopic (exact) mass is 466 g/mol. The molecule has 0 saturated carbocycles. The molecule has 0 aliphatic rings. The maximum atomic E-state index is 13.1. The minimum absolute atomic E-state index is 0.0452. The fourth-order valence-corrected chi connectivity index (χ4v) is 3.85. The molecule has 0 aromatic heterocycles. The highest BCUT2D eigenvalue weighted by atomic mass is 35.5. The summed E-state index contributed by atoms with van der Waals surface area (Å²) in [7, 11) is 0. The first-order valence-corrected chi connectivity index (χ1v) is 11.7. The molecule has 0 spiro atoms. The van der Waals surface area contributed by atoms with E-state index in [0.717, 1.165) is 16.9 Å². The molecule has 0 bridgehead atoms. The third kappa shape index (κ3) is 7.22. The number of aryl methyl sites for hydroxylation is 1. The number of rotatable bonds is 9. The Morgan fingerprint density at radius 2 is 1.73 bits per heavy atom. The summed E-state index contributed by atoms with van der Waals surface area (Å²) in [5.74, 6) is -0.0396. The molecule has 2 aromatic rings. The number of benzene rings is 2. The van der Waals surface area contributed by atoms with Crippen molar-refractivity contribution in [2.75, 3.05) is 5.75 Å². The van der Waals surface area contributed by atoms with E-state index in [9.17, 15) is 9.59 Å². The summed E-state index contributed by atoms with van der Waals surface area (Å²) in [6, 6.07) is 12.7. The van der Waals surface area contributed by atoms with Gasteiger partial charge >= 0.3 is 0 Å². The molecule has 7 heteroatoms. The number of hydrogen-bond acceptors (Lipinski definition) is 3. The summed E-state index contributed by atoms with van der Waals surface area (Å²) >= 11 is 13.6. The van der Waals surface area contributed by atoms with Gasteiger partial charge in [0.05, 0.1) is 15.8 Å². The molecule has 4 nitrogen and oxygen atoms in total. The molecule has 2 rings (SSSR count). The predicted molar refractivity (Wildman–Crippen MR) is 126 cm³/mol. The Morgan fingerprint density at radius 1 is 1.07 bits per heavy atom. The van der Waals surface area contributed by atoms with Crippen molar-refractivity contribution < 1.29 is 9.59 Å². The second-order valence-corrected chi connectivity index (χ2v) is 9.23. The lowest BCUT2D eigenvalue weighted by Gasteiger charge is -2.29. The zero-order chi connectivity index (χ0) is 22.3. The lowest BCUT2D eigenvalue weighted by molar-refractivity contribution is -0.138. The second-order valence-electron chi connectivity index (χ2n) is 7.37. The number of carbonyl (C=O) groups is 2. The molecule has 0 aliphatic carbocycles. The zero-order valence-corrected chi connectivity index (χ0v) is 20.1. The predicted octanol–water partition coefficient (Wildman–Crippen LogP) is 5.73. The molecule has 0 fully saturated rings. The highest BCUT2D eigenvalue weighted by Gasteiger charge is 2.27. The van der Waals surface area contributed by atoms with Gasteiger partial charge < -0.3 is 10.2 Å².